The minimum atomic E-state index is -0.350. The van der Waals surface area contributed by atoms with E-state index in [4.69, 9.17) is 11.6 Å². The second kappa shape index (κ2) is 5.18. The maximum Gasteiger partial charge on any atom is 0.196 e. The highest BCUT2D eigenvalue weighted by Gasteiger charge is 2.17. The molecule has 0 aliphatic carbocycles. The Hall–Kier alpha value is -1.40. The molecule has 1 N–H and O–H groups in total. The number of rotatable bonds is 2. The Labute approximate surface area is 133 Å². The van der Waals surface area contributed by atoms with Crippen LogP contribution in [0.5, 0.6) is 0 Å². The molecule has 0 fully saturated rings. The van der Waals surface area contributed by atoms with Gasteiger partial charge in [-0.05, 0) is 52.9 Å². The van der Waals surface area contributed by atoms with Gasteiger partial charge in [-0.25, -0.2) is 4.39 Å². The predicted molar refractivity (Wildman–Crippen MR) is 85.9 cm³/mol. The van der Waals surface area contributed by atoms with Crippen molar-refractivity contribution in [2.75, 3.05) is 0 Å². The first-order valence-electron chi connectivity index (χ1n) is 5.82. The molecule has 0 atom stereocenters. The van der Waals surface area contributed by atoms with Gasteiger partial charge in [0.15, 0.2) is 5.78 Å². The largest absolute Gasteiger partial charge is 0.360 e. The Morgan fingerprint density at radius 3 is 2.70 bits per heavy atom. The lowest BCUT2D eigenvalue weighted by Gasteiger charge is -2.03. The highest BCUT2D eigenvalue weighted by Crippen LogP contribution is 2.25. The van der Waals surface area contributed by atoms with Crippen LogP contribution in [0.25, 0.3) is 10.9 Å². The summed E-state index contributed by atoms with van der Waals surface area (Å²) in [7, 11) is 0. The first-order chi connectivity index (χ1) is 9.56. The number of benzene rings is 2. The highest BCUT2D eigenvalue weighted by molar-refractivity contribution is 14.1. The zero-order valence-corrected chi connectivity index (χ0v) is 13.0. The van der Waals surface area contributed by atoms with E-state index in [0.29, 0.717) is 19.7 Å². The van der Waals surface area contributed by atoms with Crippen molar-refractivity contribution >= 4 is 50.9 Å². The maximum atomic E-state index is 13.1. The van der Waals surface area contributed by atoms with Crippen LogP contribution in [0, 0.1) is 9.39 Å². The SMILES string of the molecule is O=C(c1ccc(F)cc1I)c1c[nH]c2cc(Cl)ccc12. The number of nitrogens with one attached hydrogen (secondary N) is 1. The molecule has 5 heteroatoms. The summed E-state index contributed by atoms with van der Waals surface area (Å²) in [5.41, 5.74) is 1.85. The van der Waals surface area contributed by atoms with E-state index in [1.165, 1.54) is 18.2 Å². The smallest absolute Gasteiger partial charge is 0.196 e. The fraction of sp³-hybridized carbons (Fsp3) is 0. The first kappa shape index (κ1) is 13.6. The number of halogens is 3. The molecule has 20 heavy (non-hydrogen) atoms. The van der Waals surface area contributed by atoms with Crippen molar-refractivity contribution in [1.82, 2.24) is 4.98 Å². The van der Waals surface area contributed by atoms with E-state index in [9.17, 15) is 9.18 Å². The second-order valence-corrected chi connectivity index (χ2v) is 5.94. The van der Waals surface area contributed by atoms with Crippen molar-refractivity contribution < 1.29 is 9.18 Å². The molecule has 0 aliphatic rings. The van der Waals surface area contributed by atoms with Crippen molar-refractivity contribution in [2.24, 2.45) is 0 Å². The molecule has 0 bridgehead atoms. The zero-order chi connectivity index (χ0) is 14.3. The van der Waals surface area contributed by atoms with Gasteiger partial charge in [-0.3, -0.25) is 4.79 Å². The highest BCUT2D eigenvalue weighted by atomic mass is 127. The van der Waals surface area contributed by atoms with E-state index in [2.05, 4.69) is 4.98 Å². The summed E-state index contributed by atoms with van der Waals surface area (Å²) in [6.07, 6.45) is 1.66. The zero-order valence-electron chi connectivity index (χ0n) is 10.1. The minimum absolute atomic E-state index is 0.136. The molecule has 0 saturated carbocycles. The molecule has 2 nitrogen and oxygen atoms in total. The molecule has 0 saturated heterocycles. The lowest BCUT2D eigenvalue weighted by molar-refractivity contribution is 0.103. The maximum absolute atomic E-state index is 13.1. The fourth-order valence-corrected chi connectivity index (χ4v) is 3.00. The van der Waals surface area contributed by atoms with E-state index in [0.717, 1.165) is 10.9 Å². The van der Waals surface area contributed by atoms with Crippen LogP contribution in [0.15, 0.2) is 42.6 Å². The van der Waals surface area contributed by atoms with Crippen molar-refractivity contribution in [3.05, 3.63) is 68.1 Å². The van der Waals surface area contributed by atoms with Gasteiger partial charge in [0.25, 0.3) is 0 Å². The summed E-state index contributed by atoms with van der Waals surface area (Å²) < 4.78 is 13.7. The lowest BCUT2D eigenvalue weighted by atomic mass is 10.0. The molecule has 0 aliphatic heterocycles. The molecule has 0 unspecified atom stereocenters. The third kappa shape index (κ3) is 2.33. The molecule has 0 spiro atoms. The van der Waals surface area contributed by atoms with Gasteiger partial charge in [0, 0.05) is 36.8 Å². The molecule has 2 aromatic carbocycles. The van der Waals surface area contributed by atoms with Crippen LogP contribution in [0.3, 0.4) is 0 Å². The van der Waals surface area contributed by atoms with Gasteiger partial charge in [-0.1, -0.05) is 17.7 Å². The monoisotopic (exact) mass is 399 g/mol. The predicted octanol–water partition coefficient (Wildman–Crippen LogP) is 4.80. The van der Waals surface area contributed by atoms with Gasteiger partial charge >= 0.3 is 0 Å². The van der Waals surface area contributed by atoms with E-state index in [1.54, 1.807) is 24.4 Å². The number of fused-ring (bicyclic) bond motifs is 1. The number of aromatic nitrogens is 1. The Bertz CT molecular complexity index is 828. The van der Waals surface area contributed by atoms with E-state index < -0.39 is 0 Å². The van der Waals surface area contributed by atoms with Crippen LogP contribution in [-0.2, 0) is 0 Å². The Morgan fingerprint density at radius 1 is 1.15 bits per heavy atom. The molecule has 0 radical (unpaired) electrons. The van der Waals surface area contributed by atoms with Crippen LogP contribution < -0.4 is 0 Å². The topological polar surface area (TPSA) is 32.9 Å². The number of carbonyl (C=O) groups is 1. The van der Waals surface area contributed by atoms with Gasteiger partial charge < -0.3 is 4.98 Å². The van der Waals surface area contributed by atoms with E-state index >= 15 is 0 Å². The lowest BCUT2D eigenvalue weighted by Crippen LogP contribution is -2.03. The third-order valence-electron chi connectivity index (χ3n) is 3.06. The third-order valence-corrected chi connectivity index (χ3v) is 4.19. The second-order valence-electron chi connectivity index (χ2n) is 4.35. The van der Waals surface area contributed by atoms with Crippen molar-refractivity contribution in [3.8, 4) is 0 Å². The quantitative estimate of drug-likeness (QED) is 0.487. The number of hydrogen-bond acceptors (Lipinski definition) is 1. The molecular formula is C15H8ClFINO. The standard InChI is InChI=1S/C15H8ClFINO/c16-8-1-3-10-12(7-19-14(10)5-8)15(20)11-4-2-9(17)6-13(11)18/h1-7,19H. The van der Waals surface area contributed by atoms with Gasteiger partial charge in [-0.15, -0.1) is 0 Å². The number of H-pyrrole nitrogens is 1. The van der Waals surface area contributed by atoms with Gasteiger partial charge in [-0.2, -0.15) is 0 Å². The van der Waals surface area contributed by atoms with Crippen molar-refractivity contribution in [1.29, 1.82) is 0 Å². The van der Waals surface area contributed by atoms with E-state index in [1.807, 2.05) is 22.6 Å². The molecular weight excluding hydrogens is 392 g/mol. The summed E-state index contributed by atoms with van der Waals surface area (Å²) in [5, 5.41) is 1.41. The Morgan fingerprint density at radius 2 is 1.95 bits per heavy atom. The average Bonchev–Trinajstić information content (AvgIpc) is 2.80. The number of carbonyl (C=O) groups excluding carboxylic acids is 1. The van der Waals surface area contributed by atoms with E-state index in [-0.39, 0.29) is 11.6 Å². The summed E-state index contributed by atoms with van der Waals surface area (Å²) in [6.45, 7) is 0. The van der Waals surface area contributed by atoms with Gasteiger partial charge in [0.05, 0.1) is 0 Å². The van der Waals surface area contributed by atoms with Crippen LogP contribution in [-0.4, -0.2) is 10.8 Å². The number of hydrogen-bond donors (Lipinski definition) is 1. The summed E-state index contributed by atoms with van der Waals surface area (Å²) in [5.74, 6) is -0.486. The fourth-order valence-electron chi connectivity index (χ4n) is 2.10. The summed E-state index contributed by atoms with van der Waals surface area (Å²) in [6, 6.07) is 9.46. The molecule has 3 aromatic rings. The molecule has 1 heterocycles. The molecule has 100 valence electrons. The number of aromatic amines is 1. The number of ketones is 1. The molecule has 3 rings (SSSR count). The normalized spacial score (nSPS) is 10.9. The van der Waals surface area contributed by atoms with Crippen LogP contribution in [0.4, 0.5) is 4.39 Å². The van der Waals surface area contributed by atoms with Crippen molar-refractivity contribution in [2.45, 2.75) is 0 Å². The van der Waals surface area contributed by atoms with Crippen LogP contribution >= 0.6 is 34.2 Å². The molecule has 1 aromatic heterocycles. The Kier molecular flexibility index (Phi) is 3.52. The first-order valence-corrected chi connectivity index (χ1v) is 7.28. The van der Waals surface area contributed by atoms with Crippen LogP contribution in [0.2, 0.25) is 5.02 Å². The van der Waals surface area contributed by atoms with Crippen LogP contribution in [0.1, 0.15) is 15.9 Å². The Balaban J connectivity index is 2.13. The molecule has 0 amide bonds. The summed E-state index contributed by atoms with van der Waals surface area (Å²) >= 11 is 7.88. The van der Waals surface area contributed by atoms with Gasteiger partial charge in [0.2, 0.25) is 0 Å². The van der Waals surface area contributed by atoms with Crippen molar-refractivity contribution in [3.63, 3.8) is 0 Å². The average molecular weight is 400 g/mol. The van der Waals surface area contributed by atoms with Gasteiger partial charge in [0.1, 0.15) is 5.82 Å². The minimum Gasteiger partial charge on any atom is -0.360 e. The summed E-state index contributed by atoms with van der Waals surface area (Å²) in [4.78, 5) is 15.6.